The van der Waals surface area contributed by atoms with Gasteiger partial charge in [0.2, 0.25) is 5.91 Å². The minimum absolute atomic E-state index is 0.113. The molecule has 0 bridgehead atoms. The first-order chi connectivity index (χ1) is 10.6. The lowest BCUT2D eigenvalue weighted by Gasteiger charge is -2.13. The molecule has 0 saturated carbocycles. The highest BCUT2D eigenvalue weighted by Crippen LogP contribution is 2.19. The molecule has 0 unspecified atom stereocenters. The average molecular weight is 316 g/mol. The topological polar surface area (TPSA) is 38.3 Å². The van der Waals surface area contributed by atoms with E-state index in [2.05, 4.69) is 5.32 Å². The van der Waals surface area contributed by atoms with Gasteiger partial charge in [0.1, 0.15) is 5.75 Å². The molecule has 1 N–H and O–H groups in total. The van der Waals surface area contributed by atoms with Crippen molar-refractivity contribution in [2.75, 3.05) is 7.11 Å². The van der Waals surface area contributed by atoms with Gasteiger partial charge < -0.3 is 10.1 Å². The maximum Gasteiger partial charge on any atom is 0.244 e. The molecule has 3 nitrogen and oxygen atoms in total. The van der Waals surface area contributed by atoms with E-state index in [1.807, 2.05) is 49.4 Å². The molecule has 0 heterocycles. The maximum absolute atomic E-state index is 12.0. The first-order valence-corrected chi connectivity index (χ1v) is 7.35. The van der Waals surface area contributed by atoms with Crippen molar-refractivity contribution in [3.63, 3.8) is 0 Å². The molecule has 0 radical (unpaired) electrons. The third-order valence-electron chi connectivity index (χ3n) is 3.27. The van der Waals surface area contributed by atoms with E-state index in [1.54, 1.807) is 19.3 Å². The number of methoxy groups -OCH3 is 1. The largest absolute Gasteiger partial charge is 0.497 e. The number of carbonyl (C=O) groups is 1. The van der Waals surface area contributed by atoms with Gasteiger partial charge in [0.05, 0.1) is 13.2 Å². The first kappa shape index (κ1) is 16.1. The van der Waals surface area contributed by atoms with Crippen LogP contribution in [0.15, 0.2) is 54.6 Å². The number of halogens is 1. The van der Waals surface area contributed by atoms with Crippen LogP contribution in [-0.4, -0.2) is 13.0 Å². The Morgan fingerprint density at radius 2 is 2.00 bits per heavy atom. The zero-order valence-electron chi connectivity index (χ0n) is 12.5. The second-order valence-corrected chi connectivity index (χ2v) is 5.27. The third kappa shape index (κ3) is 4.37. The van der Waals surface area contributed by atoms with Gasteiger partial charge in [-0.2, -0.15) is 0 Å². The number of carbonyl (C=O) groups excluding carboxylic acids is 1. The van der Waals surface area contributed by atoms with Crippen molar-refractivity contribution in [3.05, 3.63) is 70.8 Å². The third-order valence-corrected chi connectivity index (χ3v) is 3.62. The number of rotatable bonds is 5. The van der Waals surface area contributed by atoms with E-state index in [4.69, 9.17) is 16.3 Å². The van der Waals surface area contributed by atoms with Crippen molar-refractivity contribution in [3.8, 4) is 5.75 Å². The van der Waals surface area contributed by atoms with Crippen LogP contribution in [0.5, 0.6) is 5.75 Å². The number of benzene rings is 2. The van der Waals surface area contributed by atoms with Gasteiger partial charge in [-0.1, -0.05) is 41.9 Å². The molecule has 2 aromatic carbocycles. The summed E-state index contributed by atoms with van der Waals surface area (Å²) in [6.07, 6.45) is 3.19. The van der Waals surface area contributed by atoms with E-state index in [0.29, 0.717) is 5.02 Å². The summed E-state index contributed by atoms with van der Waals surface area (Å²) in [7, 11) is 1.62. The summed E-state index contributed by atoms with van der Waals surface area (Å²) >= 11 is 6.05. The second kappa shape index (κ2) is 7.66. The highest BCUT2D eigenvalue weighted by molar-refractivity contribution is 6.32. The summed E-state index contributed by atoms with van der Waals surface area (Å²) in [6, 6.07) is 14.9. The Morgan fingerprint density at radius 3 is 2.73 bits per heavy atom. The van der Waals surface area contributed by atoms with Gasteiger partial charge >= 0.3 is 0 Å². The molecule has 0 aliphatic rings. The van der Waals surface area contributed by atoms with E-state index in [0.717, 1.165) is 16.9 Å². The molecular weight excluding hydrogens is 298 g/mol. The summed E-state index contributed by atoms with van der Waals surface area (Å²) in [4.78, 5) is 12.0. The van der Waals surface area contributed by atoms with Crippen molar-refractivity contribution < 1.29 is 9.53 Å². The van der Waals surface area contributed by atoms with E-state index in [9.17, 15) is 4.79 Å². The number of nitrogens with one attached hydrogen (secondary N) is 1. The summed E-state index contributed by atoms with van der Waals surface area (Å²) < 4.78 is 5.19. The van der Waals surface area contributed by atoms with Crippen LogP contribution in [0.4, 0.5) is 0 Å². The smallest absolute Gasteiger partial charge is 0.244 e. The summed E-state index contributed by atoms with van der Waals surface area (Å²) in [5.41, 5.74) is 1.80. The quantitative estimate of drug-likeness (QED) is 0.838. The van der Waals surface area contributed by atoms with Crippen LogP contribution in [0.1, 0.15) is 24.1 Å². The number of ether oxygens (including phenoxy) is 1. The normalized spacial score (nSPS) is 12.1. The highest BCUT2D eigenvalue weighted by Gasteiger charge is 2.08. The molecule has 4 heteroatoms. The van der Waals surface area contributed by atoms with Crippen LogP contribution >= 0.6 is 11.6 Å². The number of amides is 1. The molecule has 0 spiro atoms. The van der Waals surface area contributed by atoms with Crippen molar-refractivity contribution in [2.24, 2.45) is 0 Å². The molecular formula is C18H18ClNO2. The van der Waals surface area contributed by atoms with Gasteiger partial charge in [0.25, 0.3) is 0 Å². The second-order valence-electron chi connectivity index (χ2n) is 4.86. The summed E-state index contributed by atoms with van der Waals surface area (Å²) in [5, 5.41) is 3.53. The highest BCUT2D eigenvalue weighted by atomic mass is 35.5. The van der Waals surface area contributed by atoms with Gasteiger partial charge in [0, 0.05) is 11.1 Å². The zero-order chi connectivity index (χ0) is 15.9. The lowest BCUT2D eigenvalue weighted by Crippen LogP contribution is -2.24. The lowest BCUT2D eigenvalue weighted by molar-refractivity contribution is -0.117. The molecule has 1 amide bonds. The minimum Gasteiger partial charge on any atom is -0.497 e. The Kier molecular flexibility index (Phi) is 5.61. The predicted molar refractivity (Wildman–Crippen MR) is 90.0 cm³/mol. The molecule has 114 valence electrons. The Hall–Kier alpha value is -2.26. The van der Waals surface area contributed by atoms with Gasteiger partial charge in [-0.15, -0.1) is 0 Å². The van der Waals surface area contributed by atoms with E-state index in [-0.39, 0.29) is 11.9 Å². The van der Waals surface area contributed by atoms with Crippen molar-refractivity contribution >= 4 is 23.6 Å². The molecule has 0 aliphatic carbocycles. The molecule has 1 atom stereocenters. The summed E-state index contributed by atoms with van der Waals surface area (Å²) in [5.74, 6) is 0.598. The van der Waals surface area contributed by atoms with Crippen molar-refractivity contribution in [2.45, 2.75) is 13.0 Å². The van der Waals surface area contributed by atoms with Gasteiger partial charge in [-0.05, 0) is 42.3 Å². The van der Waals surface area contributed by atoms with Crippen LogP contribution in [0.3, 0.4) is 0 Å². The minimum atomic E-state index is -0.171. The molecule has 0 aliphatic heterocycles. The first-order valence-electron chi connectivity index (χ1n) is 6.97. The van der Waals surface area contributed by atoms with E-state index >= 15 is 0 Å². The standard InChI is InChI=1S/C18H18ClNO2/c1-13(15-7-5-8-16(12-15)22-2)20-18(21)11-10-14-6-3-4-9-17(14)19/h3-13H,1-2H3,(H,20,21)/b11-10+/t13-/m1/s1. The van der Waals surface area contributed by atoms with Crippen molar-refractivity contribution in [1.29, 1.82) is 0 Å². The van der Waals surface area contributed by atoms with E-state index in [1.165, 1.54) is 6.08 Å². The molecule has 0 saturated heterocycles. The van der Waals surface area contributed by atoms with Gasteiger partial charge in [-0.3, -0.25) is 4.79 Å². The fourth-order valence-corrected chi connectivity index (χ4v) is 2.23. The van der Waals surface area contributed by atoms with Crippen LogP contribution in [0.25, 0.3) is 6.08 Å². The van der Waals surface area contributed by atoms with Gasteiger partial charge in [-0.25, -0.2) is 0 Å². The van der Waals surface area contributed by atoms with Gasteiger partial charge in [0.15, 0.2) is 0 Å². The Morgan fingerprint density at radius 1 is 1.23 bits per heavy atom. The van der Waals surface area contributed by atoms with Crippen LogP contribution in [0.2, 0.25) is 5.02 Å². The Bertz CT molecular complexity index is 682. The Balaban J connectivity index is 2.00. The molecule has 22 heavy (non-hydrogen) atoms. The molecule has 0 aromatic heterocycles. The molecule has 2 aromatic rings. The van der Waals surface area contributed by atoms with Crippen LogP contribution < -0.4 is 10.1 Å². The molecule has 0 fully saturated rings. The SMILES string of the molecule is COc1cccc([C@@H](C)NC(=O)/C=C/c2ccccc2Cl)c1. The maximum atomic E-state index is 12.0. The predicted octanol–water partition coefficient (Wildman–Crippen LogP) is 4.24. The zero-order valence-corrected chi connectivity index (χ0v) is 13.3. The fraction of sp³-hybridized carbons (Fsp3) is 0.167. The molecule has 2 rings (SSSR count). The monoisotopic (exact) mass is 315 g/mol. The fourth-order valence-electron chi connectivity index (χ4n) is 2.03. The number of hydrogen-bond donors (Lipinski definition) is 1. The van der Waals surface area contributed by atoms with Crippen LogP contribution in [0, 0.1) is 0 Å². The van der Waals surface area contributed by atoms with Crippen LogP contribution in [-0.2, 0) is 4.79 Å². The van der Waals surface area contributed by atoms with E-state index < -0.39 is 0 Å². The summed E-state index contributed by atoms with van der Waals surface area (Å²) in [6.45, 7) is 1.93. The Labute approximate surface area is 135 Å². The lowest BCUT2D eigenvalue weighted by atomic mass is 10.1. The van der Waals surface area contributed by atoms with Crippen molar-refractivity contribution in [1.82, 2.24) is 5.32 Å². The average Bonchev–Trinajstić information content (AvgIpc) is 2.54. The number of hydrogen-bond acceptors (Lipinski definition) is 2.